The van der Waals surface area contributed by atoms with E-state index in [1.54, 1.807) is 16.7 Å². The number of hydrogen-bond acceptors (Lipinski definition) is 2. The van der Waals surface area contributed by atoms with E-state index in [2.05, 4.69) is 29.3 Å². The average Bonchev–Trinajstić information content (AvgIpc) is 2.92. The van der Waals surface area contributed by atoms with Crippen molar-refractivity contribution in [2.24, 2.45) is 0 Å². The first-order valence-electron chi connectivity index (χ1n) is 7.46. The molecule has 0 amide bonds. The Balaban J connectivity index is 1.92. The summed E-state index contributed by atoms with van der Waals surface area (Å²) < 4.78 is 1.76. The third-order valence-corrected chi connectivity index (χ3v) is 4.53. The summed E-state index contributed by atoms with van der Waals surface area (Å²) in [4.78, 5) is 4.63. The maximum absolute atomic E-state index is 9.54. The van der Waals surface area contributed by atoms with E-state index < -0.39 is 0 Å². The van der Waals surface area contributed by atoms with Gasteiger partial charge in [-0.1, -0.05) is 23.7 Å². The van der Waals surface area contributed by atoms with Crippen molar-refractivity contribution < 1.29 is 0 Å². The topological polar surface area (TPSA) is 41.1 Å². The van der Waals surface area contributed by atoms with E-state index in [0.717, 1.165) is 29.7 Å². The van der Waals surface area contributed by atoms with Crippen LogP contribution >= 0.6 is 11.6 Å². The molecule has 4 heteroatoms. The molecule has 108 valence electrons. The summed E-state index contributed by atoms with van der Waals surface area (Å²) in [5.74, 6) is 0. The number of aromatic nitrogens is 2. The number of halogens is 1. The first kappa shape index (κ1) is 13.4. The van der Waals surface area contributed by atoms with Crippen molar-refractivity contribution in [3.63, 3.8) is 0 Å². The van der Waals surface area contributed by atoms with Crippen LogP contribution in [0.15, 0.2) is 36.5 Å². The van der Waals surface area contributed by atoms with Crippen LogP contribution in [0.2, 0.25) is 5.02 Å². The molecule has 0 unspecified atom stereocenters. The lowest BCUT2D eigenvalue weighted by molar-refractivity contribution is 0.686. The van der Waals surface area contributed by atoms with Crippen LogP contribution in [0.25, 0.3) is 16.9 Å². The Hall–Kier alpha value is -2.31. The van der Waals surface area contributed by atoms with Crippen LogP contribution in [0.5, 0.6) is 0 Å². The molecule has 3 nitrogen and oxygen atoms in total. The molecule has 2 aromatic heterocycles. The minimum Gasteiger partial charge on any atom is -0.289 e. The monoisotopic (exact) mass is 307 g/mol. The molecule has 0 aliphatic heterocycles. The molecule has 4 rings (SSSR count). The summed E-state index contributed by atoms with van der Waals surface area (Å²) in [6.07, 6.45) is 6.51. The molecule has 1 aliphatic rings. The third kappa shape index (κ3) is 2.08. The Kier molecular flexibility index (Phi) is 3.13. The molecule has 1 aliphatic carbocycles. The highest BCUT2D eigenvalue weighted by molar-refractivity contribution is 6.30. The van der Waals surface area contributed by atoms with Crippen molar-refractivity contribution in [1.82, 2.24) is 9.38 Å². The predicted molar refractivity (Wildman–Crippen MR) is 87.0 cm³/mol. The Morgan fingerprint density at radius 1 is 1.09 bits per heavy atom. The standard InChI is InChI=1S/C18H14ClN3/c19-15-7-8-17-21-18(16(10-20)22(17)11-15)14-6-5-12-3-1-2-4-13(12)9-14/h5-9,11H,1-4H2. The van der Waals surface area contributed by atoms with Crippen LogP contribution < -0.4 is 0 Å². The highest BCUT2D eigenvalue weighted by Crippen LogP contribution is 2.29. The van der Waals surface area contributed by atoms with Crippen LogP contribution in [0.3, 0.4) is 0 Å². The van der Waals surface area contributed by atoms with Crippen molar-refractivity contribution in [3.05, 3.63) is 58.4 Å². The van der Waals surface area contributed by atoms with Crippen LogP contribution in [-0.4, -0.2) is 9.38 Å². The molecule has 0 bridgehead atoms. The minimum absolute atomic E-state index is 0.535. The first-order valence-corrected chi connectivity index (χ1v) is 7.84. The number of pyridine rings is 1. The number of nitrogens with zero attached hydrogens (tertiary/aromatic N) is 3. The summed E-state index contributed by atoms with van der Waals surface area (Å²) in [5, 5.41) is 10.1. The van der Waals surface area contributed by atoms with Gasteiger partial charge in [0.15, 0.2) is 5.69 Å². The fraction of sp³-hybridized carbons (Fsp3) is 0.222. The van der Waals surface area contributed by atoms with E-state index >= 15 is 0 Å². The second-order valence-electron chi connectivity index (χ2n) is 5.69. The molecule has 1 aromatic carbocycles. The van der Waals surface area contributed by atoms with Crippen molar-refractivity contribution in [2.45, 2.75) is 25.7 Å². The van der Waals surface area contributed by atoms with E-state index in [9.17, 15) is 5.26 Å². The van der Waals surface area contributed by atoms with Gasteiger partial charge in [-0.15, -0.1) is 0 Å². The highest BCUT2D eigenvalue weighted by Gasteiger charge is 2.16. The van der Waals surface area contributed by atoms with Crippen molar-refractivity contribution in [2.75, 3.05) is 0 Å². The molecular weight excluding hydrogens is 294 g/mol. The highest BCUT2D eigenvalue weighted by atomic mass is 35.5. The smallest absolute Gasteiger partial charge is 0.152 e. The Morgan fingerprint density at radius 3 is 2.73 bits per heavy atom. The predicted octanol–water partition coefficient (Wildman–Crippen LogP) is 4.41. The van der Waals surface area contributed by atoms with E-state index in [0.29, 0.717) is 10.7 Å². The molecule has 0 saturated carbocycles. The molecular formula is C18H14ClN3. The zero-order chi connectivity index (χ0) is 15.1. The van der Waals surface area contributed by atoms with Gasteiger partial charge in [0, 0.05) is 11.8 Å². The largest absolute Gasteiger partial charge is 0.289 e. The molecule has 0 N–H and O–H groups in total. The van der Waals surface area contributed by atoms with E-state index in [1.807, 2.05) is 6.07 Å². The first-order chi connectivity index (χ1) is 10.8. The quantitative estimate of drug-likeness (QED) is 0.668. The molecule has 0 radical (unpaired) electrons. The van der Waals surface area contributed by atoms with Crippen LogP contribution in [0.1, 0.15) is 29.7 Å². The lowest BCUT2D eigenvalue weighted by atomic mass is 9.90. The van der Waals surface area contributed by atoms with Gasteiger partial charge in [0.05, 0.1) is 5.02 Å². The summed E-state index contributed by atoms with van der Waals surface area (Å²) in [6.45, 7) is 0. The number of imidazole rings is 1. The molecule has 0 spiro atoms. The van der Waals surface area contributed by atoms with Gasteiger partial charge >= 0.3 is 0 Å². The maximum Gasteiger partial charge on any atom is 0.152 e. The number of hydrogen-bond donors (Lipinski definition) is 0. The molecule has 3 aromatic rings. The van der Waals surface area contributed by atoms with E-state index in [1.165, 1.54) is 24.0 Å². The summed E-state index contributed by atoms with van der Waals surface area (Å²) in [7, 11) is 0. The van der Waals surface area contributed by atoms with Gasteiger partial charge in [-0.05, 0) is 55.0 Å². The molecule has 22 heavy (non-hydrogen) atoms. The number of fused-ring (bicyclic) bond motifs is 2. The molecule has 0 saturated heterocycles. The number of benzene rings is 1. The van der Waals surface area contributed by atoms with Gasteiger partial charge in [0.25, 0.3) is 0 Å². The zero-order valence-electron chi connectivity index (χ0n) is 12.0. The van der Waals surface area contributed by atoms with E-state index in [4.69, 9.17) is 11.6 Å². The maximum atomic E-state index is 9.54. The summed E-state index contributed by atoms with van der Waals surface area (Å²) in [5.41, 5.74) is 5.85. The van der Waals surface area contributed by atoms with E-state index in [-0.39, 0.29) is 0 Å². The van der Waals surface area contributed by atoms with Gasteiger partial charge in [0.2, 0.25) is 0 Å². The number of nitriles is 1. The fourth-order valence-corrected chi connectivity index (χ4v) is 3.37. The second-order valence-corrected chi connectivity index (χ2v) is 6.12. The molecule has 0 fully saturated rings. The normalized spacial score (nSPS) is 13.8. The van der Waals surface area contributed by atoms with Crippen molar-refractivity contribution in [1.29, 1.82) is 5.26 Å². The summed E-state index contributed by atoms with van der Waals surface area (Å²) in [6, 6.07) is 12.4. The Labute approximate surface area is 133 Å². The Morgan fingerprint density at radius 2 is 1.91 bits per heavy atom. The zero-order valence-corrected chi connectivity index (χ0v) is 12.8. The Bertz CT molecular complexity index is 918. The van der Waals surface area contributed by atoms with Crippen LogP contribution in [-0.2, 0) is 12.8 Å². The van der Waals surface area contributed by atoms with Crippen LogP contribution in [0.4, 0.5) is 0 Å². The third-order valence-electron chi connectivity index (χ3n) is 4.31. The lowest BCUT2D eigenvalue weighted by Crippen LogP contribution is -2.02. The average molecular weight is 308 g/mol. The molecule has 2 heterocycles. The van der Waals surface area contributed by atoms with Gasteiger partial charge in [-0.3, -0.25) is 4.40 Å². The second kappa shape index (κ2) is 5.15. The number of rotatable bonds is 1. The van der Waals surface area contributed by atoms with Gasteiger partial charge in [-0.2, -0.15) is 5.26 Å². The van der Waals surface area contributed by atoms with Gasteiger partial charge in [-0.25, -0.2) is 4.98 Å². The lowest BCUT2D eigenvalue weighted by Gasteiger charge is -2.16. The van der Waals surface area contributed by atoms with Crippen molar-refractivity contribution in [3.8, 4) is 17.3 Å². The van der Waals surface area contributed by atoms with Crippen molar-refractivity contribution >= 4 is 17.2 Å². The molecule has 0 atom stereocenters. The van der Waals surface area contributed by atoms with Crippen LogP contribution in [0, 0.1) is 11.3 Å². The fourth-order valence-electron chi connectivity index (χ4n) is 3.21. The summed E-state index contributed by atoms with van der Waals surface area (Å²) >= 11 is 6.04. The van der Waals surface area contributed by atoms with Gasteiger partial charge < -0.3 is 0 Å². The number of aryl methyl sites for hydroxylation is 2. The minimum atomic E-state index is 0.535. The van der Waals surface area contributed by atoms with Gasteiger partial charge in [0.1, 0.15) is 17.4 Å². The SMILES string of the molecule is N#Cc1c(-c2ccc3c(c2)CCCC3)nc2ccc(Cl)cn12.